The van der Waals surface area contributed by atoms with E-state index in [0.29, 0.717) is 6.42 Å². The van der Waals surface area contributed by atoms with Crippen LogP contribution in [0.3, 0.4) is 0 Å². The van der Waals surface area contributed by atoms with Gasteiger partial charge in [-0.3, -0.25) is 0 Å². The van der Waals surface area contributed by atoms with Crippen molar-refractivity contribution >= 4 is 5.71 Å². The van der Waals surface area contributed by atoms with Crippen molar-refractivity contribution in [2.24, 2.45) is 10.9 Å². The molecule has 5 nitrogen and oxygen atoms in total. The minimum absolute atomic E-state index is 0.219. The van der Waals surface area contributed by atoms with Gasteiger partial charge in [-0.05, 0) is 41.5 Å². The number of benzene rings is 2. The number of rotatable bonds is 9. The molecule has 0 amide bonds. The van der Waals surface area contributed by atoms with Crippen LogP contribution in [-0.2, 0) is 11.3 Å². The first kappa shape index (κ1) is 20.5. The SMILES string of the molecule is CCCC1CC(c2ccc(-c3ccc(CCC(N)(CO)CO)cc3)cc2)=NO1. The van der Waals surface area contributed by atoms with Gasteiger partial charge in [0.2, 0.25) is 0 Å². The Morgan fingerprint density at radius 1 is 1.00 bits per heavy atom. The molecule has 1 heterocycles. The molecule has 3 rings (SSSR count). The molecule has 0 radical (unpaired) electrons. The quantitative estimate of drug-likeness (QED) is 0.621. The van der Waals surface area contributed by atoms with Gasteiger partial charge in [-0.1, -0.05) is 67.0 Å². The van der Waals surface area contributed by atoms with Crippen LogP contribution in [0.2, 0.25) is 0 Å². The number of hydrogen-bond donors (Lipinski definition) is 3. The zero-order valence-corrected chi connectivity index (χ0v) is 16.5. The Morgan fingerprint density at radius 2 is 1.57 bits per heavy atom. The Bertz CT molecular complexity index is 780. The maximum Gasteiger partial charge on any atom is 0.133 e. The second-order valence-electron chi connectivity index (χ2n) is 7.71. The Morgan fingerprint density at radius 3 is 2.14 bits per heavy atom. The van der Waals surface area contributed by atoms with Crippen LogP contribution >= 0.6 is 0 Å². The van der Waals surface area contributed by atoms with Gasteiger partial charge in [0.05, 0.1) is 24.5 Å². The Hall–Kier alpha value is -2.21. The molecule has 0 aromatic heterocycles. The topological polar surface area (TPSA) is 88.1 Å². The number of oxime groups is 1. The minimum Gasteiger partial charge on any atom is -0.394 e. The van der Waals surface area contributed by atoms with E-state index in [1.165, 1.54) is 0 Å². The van der Waals surface area contributed by atoms with Gasteiger partial charge in [0, 0.05) is 6.42 Å². The average Bonchev–Trinajstić information content (AvgIpc) is 3.21. The van der Waals surface area contributed by atoms with Crippen molar-refractivity contribution in [2.75, 3.05) is 13.2 Å². The molecule has 1 atom stereocenters. The van der Waals surface area contributed by atoms with Crippen LogP contribution in [0, 0.1) is 0 Å². The fourth-order valence-electron chi connectivity index (χ4n) is 3.40. The lowest BCUT2D eigenvalue weighted by atomic mass is 9.93. The molecule has 28 heavy (non-hydrogen) atoms. The van der Waals surface area contributed by atoms with Crippen LogP contribution in [0.25, 0.3) is 11.1 Å². The molecule has 0 saturated carbocycles. The normalized spacial score (nSPS) is 16.7. The number of aryl methyl sites for hydroxylation is 1. The minimum atomic E-state index is -0.919. The van der Waals surface area contributed by atoms with E-state index in [9.17, 15) is 10.2 Å². The summed E-state index contributed by atoms with van der Waals surface area (Å²) in [4.78, 5) is 5.50. The van der Waals surface area contributed by atoms with Crippen LogP contribution in [0.1, 0.15) is 43.7 Å². The molecule has 0 bridgehead atoms. The van der Waals surface area contributed by atoms with Crippen molar-refractivity contribution in [3.8, 4) is 11.1 Å². The van der Waals surface area contributed by atoms with E-state index in [0.717, 1.165) is 53.6 Å². The first-order chi connectivity index (χ1) is 13.6. The van der Waals surface area contributed by atoms with Gasteiger partial charge in [0.25, 0.3) is 0 Å². The van der Waals surface area contributed by atoms with Gasteiger partial charge < -0.3 is 20.8 Å². The standard InChI is InChI=1S/C23H30N2O3/c1-2-3-21-14-22(25-28-21)20-10-8-19(9-11-20)18-6-4-17(5-7-18)12-13-23(24,15-26)16-27/h4-11,21,26-27H,2-3,12-16,24H2,1H3. The maximum absolute atomic E-state index is 9.30. The fourth-order valence-corrected chi connectivity index (χ4v) is 3.40. The largest absolute Gasteiger partial charge is 0.394 e. The van der Waals surface area contributed by atoms with Gasteiger partial charge in [-0.25, -0.2) is 0 Å². The van der Waals surface area contributed by atoms with E-state index in [1.54, 1.807) is 0 Å². The summed E-state index contributed by atoms with van der Waals surface area (Å²) in [5.41, 5.74) is 10.6. The average molecular weight is 383 g/mol. The Labute approximate surface area is 166 Å². The molecular weight excluding hydrogens is 352 g/mol. The third kappa shape index (κ3) is 4.98. The van der Waals surface area contributed by atoms with Crippen LogP contribution in [-0.4, -0.2) is 40.8 Å². The van der Waals surface area contributed by atoms with Gasteiger partial charge in [-0.2, -0.15) is 0 Å². The lowest BCUT2D eigenvalue weighted by Gasteiger charge is -2.24. The molecule has 0 saturated heterocycles. The van der Waals surface area contributed by atoms with Gasteiger partial charge >= 0.3 is 0 Å². The second-order valence-corrected chi connectivity index (χ2v) is 7.71. The first-order valence-corrected chi connectivity index (χ1v) is 10.00. The van der Waals surface area contributed by atoms with Crippen molar-refractivity contribution < 1.29 is 15.1 Å². The molecule has 4 N–H and O–H groups in total. The highest BCUT2D eigenvalue weighted by atomic mass is 16.6. The van der Waals surface area contributed by atoms with E-state index in [-0.39, 0.29) is 19.3 Å². The number of nitrogens with zero attached hydrogens (tertiary/aromatic N) is 1. The number of aliphatic hydroxyl groups is 2. The van der Waals surface area contributed by atoms with E-state index < -0.39 is 5.54 Å². The molecule has 0 fully saturated rings. The summed E-state index contributed by atoms with van der Waals surface area (Å²) in [6.07, 6.45) is 4.50. The van der Waals surface area contributed by atoms with Crippen molar-refractivity contribution in [3.05, 3.63) is 59.7 Å². The molecular formula is C23H30N2O3. The molecule has 2 aromatic carbocycles. The predicted molar refractivity (Wildman–Crippen MR) is 112 cm³/mol. The smallest absolute Gasteiger partial charge is 0.133 e. The maximum atomic E-state index is 9.30. The van der Waals surface area contributed by atoms with E-state index in [1.807, 2.05) is 0 Å². The molecule has 2 aromatic rings. The zero-order valence-electron chi connectivity index (χ0n) is 16.5. The summed E-state index contributed by atoms with van der Waals surface area (Å²) in [6, 6.07) is 16.8. The molecule has 1 aliphatic heterocycles. The molecule has 0 spiro atoms. The van der Waals surface area contributed by atoms with E-state index >= 15 is 0 Å². The Kier molecular flexibility index (Phi) is 6.83. The molecule has 1 unspecified atom stereocenters. The van der Waals surface area contributed by atoms with Crippen molar-refractivity contribution in [1.82, 2.24) is 0 Å². The van der Waals surface area contributed by atoms with Gasteiger partial charge in [0.1, 0.15) is 6.10 Å². The van der Waals surface area contributed by atoms with Crippen molar-refractivity contribution in [2.45, 2.75) is 50.7 Å². The lowest BCUT2D eigenvalue weighted by Crippen LogP contribution is -2.47. The van der Waals surface area contributed by atoms with Crippen LogP contribution in [0.5, 0.6) is 0 Å². The van der Waals surface area contributed by atoms with E-state index in [4.69, 9.17) is 10.6 Å². The summed E-state index contributed by atoms with van der Waals surface area (Å²) < 4.78 is 0. The number of aliphatic hydroxyl groups excluding tert-OH is 2. The second kappa shape index (κ2) is 9.32. The zero-order chi connectivity index (χ0) is 20.0. The van der Waals surface area contributed by atoms with Gasteiger partial charge in [-0.15, -0.1) is 0 Å². The van der Waals surface area contributed by atoms with Crippen molar-refractivity contribution in [1.29, 1.82) is 0 Å². The summed E-state index contributed by atoms with van der Waals surface area (Å²) in [5, 5.41) is 22.8. The van der Waals surface area contributed by atoms with E-state index in [2.05, 4.69) is 60.6 Å². The molecule has 0 aliphatic carbocycles. The summed E-state index contributed by atoms with van der Waals surface area (Å²) >= 11 is 0. The van der Waals surface area contributed by atoms with Crippen LogP contribution < -0.4 is 5.73 Å². The third-order valence-electron chi connectivity index (χ3n) is 5.39. The third-order valence-corrected chi connectivity index (χ3v) is 5.39. The highest BCUT2D eigenvalue weighted by molar-refractivity contribution is 6.01. The Balaban J connectivity index is 1.61. The molecule has 1 aliphatic rings. The lowest BCUT2D eigenvalue weighted by molar-refractivity contribution is 0.0786. The monoisotopic (exact) mass is 382 g/mol. The molecule has 150 valence electrons. The highest BCUT2D eigenvalue weighted by Gasteiger charge is 2.23. The van der Waals surface area contributed by atoms with Crippen LogP contribution in [0.4, 0.5) is 0 Å². The molecule has 5 heteroatoms. The fraction of sp³-hybridized carbons (Fsp3) is 0.435. The number of nitrogens with two attached hydrogens (primary N) is 1. The summed E-state index contributed by atoms with van der Waals surface area (Å²) in [6.45, 7) is 1.72. The highest BCUT2D eigenvalue weighted by Crippen LogP contribution is 2.24. The predicted octanol–water partition coefficient (Wildman–Crippen LogP) is 3.26. The summed E-state index contributed by atoms with van der Waals surface area (Å²) in [5.74, 6) is 0. The summed E-state index contributed by atoms with van der Waals surface area (Å²) in [7, 11) is 0. The number of hydrogen-bond acceptors (Lipinski definition) is 5. The van der Waals surface area contributed by atoms with Gasteiger partial charge in [0.15, 0.2) is 0 Å². The first-order valence-electron chi connectivity index (χ1n) is 10.00. The van der Waals surface area contributed by atoms with Crippen LogP contribution in [0.15, 0.2) is 53.7 Å². The van der Waals surface area contributed by atoms with Crippen molar-refractivity contribution in [3.63, 3.8) is 0 Å².